The van der Waals surface area contributed by atoms with Gasteiger partial charge in [-0.1, -0.05) is 0 Å². The minimum atomic E-state index is -1.37. The Morgan fingerprint density at radius 1 is 1.36 bits per heavy atom. The molecule has 0 spiro atoms. The number of hydrogen-bond acceptors (Lipinski definition) is 3. The fourth-order valence-electron chi connectivity index (χ4n) is 2.34. The van der Waals surface area contributed by atoms with E-state index in [-0.39, 0.29) is 18.3 Å². The number of esters is 1. The van der Waals surface area contributed by atoms with Gasteiger partial charge in [-0.15, -0.1) is 0 Å². The summed E-state index contributed by atoms with van der Waals surface area (Å²) < 4.78 is 44.2. The highest BCUT2D eigenvalue weighted by Gasteiger charge is 2.28. The SMILES string of the molecule is COC(=O)CC1CCN(C(=O)Nc2cc(F)cc(F)c2F)C1. The van der Waals surface area contributed by atoms with E-state index < -0.39 is 29.2 Å². The van der Waals surface area contributed by atoms with Gasteiger partial charge in [0.1, 0.15) is 5.82 Å². The Morgan fingerprint density at radius 3 is 2.77 bits per heavy atom. The van der Waals surface area contributed by atoms with Gasteiger partial charge >= 0.3 is 12.0 Å². The third-order valence-corrected chi connectivity index (χ3v) is 3.49. The Morgan fingerprint density at radius 2 is 2.09 bits per heavy atom. The summed E-state index contributed by atoms with van der Waals surface area (Å²) in [5, 5.41) is 2.14. The molecule has 5 nitrogen and oxygen atoms in total. The number of hydrogen-bond donors (Lipinski definition) is 1. The van der Waals surface area contributed by atoms with Crippen LogP contribution in [0.4, 0.5) is 23.7 Å². The van der Waals surface area contributed by atoms with Gasteiger partial charge in [0.2, 0.25) is 0 Å². The molecule has 22 heavy (non-hydrogen) atoms. The van der Waals surface area contributed by atoms with Crippen molar-refractivity contribution in [3.63, 3.8) is 0 Å². The lowest BCUT2D eigenvalue weighted by molar-refractivity contribution is -0.141. The number of carbonyl (C=O) groups is 2. The highest BCUT2D eigenvalue weighted by molar-refractivity contribution is 5.89. The zero-order valence-electron chi connectivity index (χ0n) is 11.9. The van der Waals surface area contributed by atoms with E-state index in [2.05, 4.69) is 10.1 Å². The molecule has 1 aliphatic heterocycles. The fourth-order valence-corrected chi connectivity index (χ4v) is 2.34. The summed E-state index contributed by atoms with van der Waals surface area (Å²) in [7, 11) is 1.28. The van der Waals surface area contributed by atoms with E-state index in [1.165, 1.54) is 12.0 Å². The van der Waals surface area contributed by atoms with E-state index >= 15 is 0 Å². The molecule has 0 saturated carbocycles. The van der Waals surface area contributed by atoms with Crippen molar-refractivity contribution < 1.29 is 27.5 Å². The van der Waals surface area contributed by atoms with Crippen molar-refractivity contribution in [3.8, 4) is 0 Å². The number of anilines is 1. The van der Waals surface area contributed by atoms with Crippen molar-refractivity contribution in [1.29, 1.82) is 0 Å². The van der Waals surface area contributed by atoms with Crippen LogP contribution in [-0.4, -0.2) is 37.1 Å². The van der Waals surface area contributed by atoms with Crippen LogP contribution in [0.5, 0.6) is 0 Å². The predicted molar refractivity (Wildman–Crippen MR) is 71.6 cm³/mol. The van der Waals surface area contributed by atoms with Gasteiger partial charge in [0, 0.05) is 25.2 Å². The number of amides is 2. The highest BCUT2D eigenvalue weighted by atomic mass is 19.2. The van der Waals surface area contributed by atoms with Crippen LogP contribution in [0, 0.1) is 23.4 Å². The molecule has 2 amide bonds. The number of ether oxygens (including phenoxy) is 1. The van der Waals surface area contributed by atoms with Crippen LogP contribution < -0.4 is 5.32 Å². The predicted octanol–water partition coefficient (Wildman–Crippen LogP) is 2.52. The summed E-state index contributed by atoms with van der Waals surface area (Å²) in [6.07, 6.45) is 0.783. The molecule has 2 rings (SSSR count). The van der Waals surface area contributed by atoms with Crippen molar-refractivity contribution in [2.24, 2.45) is 5.92 Å². The molecule has 1 aromatic rings. The van der Waals surface area contributed by atoms with Gasteiger partial charge in [0.15, 0.2) is 11.6 Å². The first-order chi connectivity index (χ1) is 10.4. The average Bonchev–Trinajstić information content (AvgIpc) is 2.92. The summed E-state index contributed by atoms with van der Waals surface area (Å²) in [4.78, 5) is 24.5. The normalized spacial score (nSPS) is 17.5. The van der Waals surface area contributed by atoms with Gasteiger partial charge in [0.05, 0.1) is 19.2 Å². The number of benzene rings is 1. The Balaban J connectivity index is 1.98. The molecule has 8 heteroatoms. The molecule has 0 bridgehead atoms. The average molecular weight is 316 g/mol. The van der Waals surface area contributed by atoms with Gasteiger partial charge < -0.3 is 15.0 Å². The number of carbonyl (C=O) groups excluding carboxylic acids is 2. The van der Waals surface area contributed by atoms with Gasteiger partial charge in [-0.3, -0.25) is 4.79 Å². The van der Waals surface area contributed by atoms with Crippen LogP contribution in [0.2, 0.25) is 0 Å². The fraction of sp³-hybridized carbons (Fsp3) is 0.429. The number of methoxy groups -OCH3 is 1. The maximum absolute atomic E-state index is 13.5. The molecule has 1 fully saturated rings. The third-order valence-electron chi connectivity index (χ3n) is 3.49. The van der Waals surface area contributed by atoms with Gasteiger partial charge in [0.25, 0.3) is 0 Å². The first kappa shape index (κ1) is 16.1. The quantitative estimate of drug-likeness (QED) is 0.688. The van der Waals surface area contributed by atoms with Crippen LogP contribution in [0.15, 0.2) is 12.1 Å². The highest BCUT2D eigenvalue weighted by Crippen LogP contribution is 2.23. The molecule has 0 aliphatic carbocycles. The minimum Gasteiger partial charge on any atom is -0.469 e. The number of rotatable bonds is 3. The Hall–Kier alpha value is -2.25. The van der Waals surface area contributed by atoms with Gasteiger partial charge in [-0.25, -0.2) is 18.0 Å². The van der Waals surface area contributed by atoms with Crippen molar-refractivity contribution in [3.05, 3.63) is 29.6 Å². The van der Waals surface area contributed by atoms with Gasteiger partial charge in [-0.2, -0.15) is 0 Å². The van der Waals surface area contributed by atoms with Crippen LogP contribution >= 0.6 is 0 Å². The molecule has 120 valence electrons. The second-order valence-electron chi connectivity index (χ2n) is 5.06. The van der Waals surface area contributed by atoms with E-state index in [0.29, 0.717) is 31.6 Å². The molecular weight excluding hydrogens is 301 g/mol. The van der Waals surface area contributed by atoms with Crippen molar-refractivity contribution in [2.75, 3.05) is 25.5 Å². The van der Waals surface area contributed by atoms with Crippen LogP contribution in [0.25, 0.3) is 0 Å². The molecule has 1 aromatic carbocycles. The Bertz CT molecular complexity index is 595. The molecule has 0 aromatic heterocycles. The summed E-state index contributed by atoms with van der Waals surface area (Å²) in [6.45, 7) is 0.660. The Kier molecular flexibility index (Phi) is 4.89. The monoisotopic (exact) mass is 316 g/mol. The van der Waals surface area contributed by atoms with Crippen molar-refractivity contribution in [1.82, 2.24) is 4.90 Å². The zero-order valence-corrected chi connectivity index (χ0v) is 11.9. The Labute approximate surface area is 125 Å². The molecular formula is C14H15F3N2O3. The van der Waals surface area contributed by atoms with Gasteiger partial charge in [-0.05, 0) is 12.3 Å². The first-order valence-electron chi connectivity index (χ1n) is 6.68. The lowest BCUT2D eigenvalue weighted by Crippen LogP contribution is -2.33. The van der Waals surface area contributed by atoms with Crippen LogP contribution in [0.1, 0.15) is 12.8 Å². The zero-order chi connectivity index (χ0) is 16.3. The molecule has 1 aliphatic rings. The largest absolute Gasteiger partial charge is 0.469 e. The summed E-state index contributed by atoms with van der Waals surface area (Å²) in [5.41, 5.74) is -0.557. The molecule has 1 N–H and O–H groups in total. The number of likely N-dealkylation sites (tertiary alicyclic amines) is 1. The summed E-state index contributed by atoms with van der Waals surface area (Å²) >= 11 is 0. The molecule has 1 atom stereocenters. The summed E-state index contributed by atoms with van der Waals surface area (Å²) in [5.74, 6) is -4.10. The number of nitrogens with one attached hydrogen (secondary N) is 1. The van der Waals surface area contributed by atoms with E-state index in [0.717, 1.165) is 0 Å². The lowest BCUT2D eigenvalue weighted by atomic mass is 10.1. The maximum Gasteiger partial charge on any atom is 0.321 e. The van der Waals surface area contributed by atoms with E-state index in [4.69, 9.17) is 0 Å². The van der Waals surface area contributed by atoms with E-state index in [1.807, 2.05) is 0 Å². The second kappa shape index (κ2) is 6.67. The molecule has 1 heterocycles. The van der Waals surface area contributed by atoms with E-state index in [9.17, 15) is 22.8 Å². The standard InChI is InChI=1S/C14H15F3N2O3/c1-22-12(20)4-8-2-3-19(7-8)14(21)18-11-6-9(15)5-10(16)13(11)17/h5-6,8H,2-4,7H2,1H3,(H,18,21). The van der Waals surface area contributed by atoms with Crippen molar-refractivity contribution in [2.45, 2.75) is 12.8 Å². The maximum atomic E-state index is 13.5. The summed E-state index contributed by atoms with van der Waals surface area (Å²) in [6, 6.07) is 0.433. The molecule has 1 unspecified atom stereocenters. The van der Waals surface area contributed by atoms with E-state index in [1.54, 1.807) is 0 Å². The second-order valence-corrected chi connectivity index (χ2v) is 5.06. The lowest BCUT2D eigenvalue weighted by Gasteiger charge is -2.17. The number of halogens is 3. The molecule has 0 radical (unpaired) electrons. The topological polar surface area (TPSA) is 58.6 Å². The van der Waals surface area contributed by atoms with Crippen LogP contribution in [-0.2, 0) is 9.53 Å². The molecule has 1 saturated heterocycles. The first-order valence-corrected chi connectivity index (χ1v) is 6.68. The number of urea groups is 1. The third kappa shape index (κ3) is 3.69. The van der Waals surface area contributed by atoms with Crippen molar-refractivity contribution >= 4 is 17.7 Å². The van der Waals surface area contributed by atoms with Crippen LogP contribution in [0.3, 0.4) is 0 Å². The minimum absolute atomic E-state index is 0.0488. The number of nitrogens with zero attached hydrogens (tertiary/aromatic N) is 1. The smallest absolute Gasteiger partial charge is 0.321 e.